The molecule has 5 nitrogen and oxygen atoms in total. The molecule has 0 saturated heterocycles. The number of carbonyl (C=O) groups is 1. The molecule has 0 saturated carbocycles. The van der Waals surface area contributed by atoms with Gasteiger partial charge >= 0.3 is 0 Å². The van der Waals surface area contributed by atoms with Gasteiger partial charge in [0.05, 0.1) is 16.9 Å². The van der Waals surface area contributed by atoms with E-state index in [2.05, 4.69) is 22.1 Å². The molecule has 1 aromatic carbocycles. The Bertz CT molecular complexity index is 1110. The quantitative estimate of drug-likeness (QED) is 0.499. The van der Waals surface area contributed by atoms with E-state index in [-0.39, 0.29) is 5.91 Å². The summed E-state index contributed by atoms with van der Waals surface area (Å²) in [4.78, 5) is 23.2. The lowest BCUT2D eigenvalue weighted by Crippen LogP contribution is -2.23. The molecule has 0 unspecified atom stereocenters. The number of amides is 1. The summed E-state index contributed by atoms with van der Waals surface area (Å²) >= 11 is 2.93. The van der Waals surface area contributed by atoms with Gasteiger partial charge in [-0.3, -0.25) is 9.69 Å². The molecular formula is C22H22N4OS2. The Morgan fingerprint density at radius 3 is 2.59 bits per heavy atom. The van der Waals surface area contributed by atoms with E-state index in [1.54, 1.807) is 11.8 Å². The molecule has 29 heavy (non-hydrogen) atoms. The van der Waals surface area contributed by atoms with Crippen molar-refractivity contribution in [1.29, 1.82) is 5.26 Å². The first-order valence-electron chi connectivity index (χ1n) is 9.13. The SMILES string of the molecule is CC(=O)N(c1nc(CSc2nc(C)cc(C)c2C#N)cs1)c1ccc(C)cc1C. The van der Waals surface area contributed by atoms with Gasteiger partial charge in [0, 0.05) is 23.8 Å². The maximum atomic E-state index is 12.4. The molecule has 2 aromatic heterocycles. The molecular weight excluding hydrogens is 400 g/mol. The van der Waals surface area contributed by atoms with Crippen LogP contribution >= 0.6 is 23.1 Å². The number of nitriles is 1. The zero-order valence-corrected chi connectivity index (χ0v) is 18.7. The lowest BCUT2D eigenvalue weighted by Gasteiger charge is -2.20. The predicted octanol–water partition coefficient (Wildman–Crippen LogP) is 5.62. The maximum Gasteiger partial charge on any atom is 0.230 e. The van der Waals surface area contributed by atoms with Crippen molar-refractivity contribution < 1.29 is 4.79 Å². The molecule has 7 heteroatoms. The number of pyridine rings is 1. The van der Waals surface area contributed by atoms with Gasteiger partial charge in [0.15, 0.2) is 5.13 Å². The second kappa shape index (κ2) is 8.76. The van der Waals surface area contributed by atoms with Crippen LogP contribution in [-0.2, 0) is 10.5 Å². The molecule has 0 spiro atoms. The van der Waals surface area contributed by atoms with Crippen LogP contribution in [0.1, 0.15) is 40.6 Å². The summed E-state index contributed by atoms with van der Waals surface area (Å²) in [6, 6.07) is 10.2. The van der Waals surface area contributed by atoms with Crippen molar-refractivity contribution in [2.24, 2.45) is 0 Å². The molecule has 0 N–H and O–H groups in total. The number of benzene rings is 1. The number of hydrogen-bond acceptors (Lipinski definition) is 6. The number of rotatable bonds is 5. The molecule has 3 aromatic rings. The summed E-state index contributed by atoms with van der Waals surface area (Å²) in [7, 11) is 0. The van der Waals surface area contributed by atoms with Gasteiger partial charge in [0.25, 0.3) is 0 Å². The number of hydrogen-bond donors (Lipinski definition) is 0. The smallest absolute Gasteiger partial charge is 0.230 e. The minimum atomic E-state index is -0.0757. The first kappa shape index (κ1) is 21.0. The summed E-state index contributed by atoms with van der Waals surface area (Å²) in [5.74, 6) is 0.507. The molecule has 3 rings (SSSR count). The second-order valence-electron chi connectivity index (χ2n) is 6.93. The van der Waals surface area contributed by atoms with Crippen molar-refractivity contribution in [3.63, 3.8) is 0 Å². The topological polar surface area (TPSA) is 69.9 Å². The molecule has 2 heterocycles. The molecule has 0 aliphatic carbocycles. The van der Waals surface area contributed by atoms with Crippen LogP contribution in [0.2, 0.25) is 0 Å². The number of carbonyl (C=O) groups excluding carboxylic acids is 1. The first-order valence-corrected chi connectivity index (χ1v) is 11.0. The number of thioether (sulfide) groups is 1. The summed E-state index contributed by atoms with van der Waals surface area (Å²) < 4.78 is 0. The summed E-state index contributed by atoms with van der Waals surface area (Å²) in [6.45, 7) is 9.43. The van der Waals surface area contributed by atoms with Crippen LogP contribution in [0.15, 0.2) is 34.7 Å². The summed E-state index contributed by atoms with van der Waals surface area (Å²) in [5.41, 5.74) is 6.32. The van der Waals surface area contributed by atoms with E-state index < -0.39 is 0 Å². The minimum absolute atomic E-state index is 0.0757. The number of thiazole rings is 1. The largest absolute Gasteiger partial charge is 0.274 e. The van der Waals surface area contributed by atoms with Crippen molar-refractivity contribution in [1.82, 2.24) is 9.97 Å². The molecule has 0 aliphatic rings. The lowest BCUT2D eigenvalue weighted by molar-refractivity contribution is -0.115. The van der Waals surface area contributed by atoms with Gasteiger partial charge in [-0.15, -0.1) is 11.3 Å². The van der Waals surface area contributed by atoms with E-state index in [1.165, 1.54) is 23.1 Å². The monoisotopic (exact) mass is 422 g/mol. The zero-order valence-electron chi connectivity index (χ0n) is 17.1. The highest BCUT2D eigenvalue weighted by Gasteiger charge is 2.20. The fourth-order valence-corrected chi connectivity index (χ4v) is 5.09. The third-order valence-electron chi connectivity index (χ3n) is 4.42. The van der Waals surface area contributed by atoms with Crippen molar-refractivity contribution in [2.45, 2.75) is 45.4 Å². The molecule has 0 bridgehead atoms. The van der Waals surface area contributed by atoms with Crippen LogP contribution in [0.3, 0.4) is 0 Å². The fourth-order valence-electron chi connectivity index (χ4n) is 3.11. The Balaban J connectivity index is 1.85. The molecule has 0 fully saturated rings. The van der Waals surface area contributed by atoms with Crippen molar-refractivity contribution in [3.05, 3.63) is 63.3 Å². The van der Waals surface area contributed by atoms with Crippen LogP contribution in [-0.4, -0.2) is 15.9 Å². The normalized spacial score (nSPS) is 10.6. The van der Waals surface area contributed by atoms with E-state index in [1.807, 2.05) is 51.3 Å². The van der Waals surface area contributed by atoms with Gasteiger partial charge in [-0.25, -0.2) is 9.97 Å². The van der Waals surface area contributed by atoms with E-state index >= 15 is 0 Å². The lowest BCUT2D eigenvalue weighted by atomic mass is 10.1. The third-order valence-corrected chi connectivity index (χ3v) is 6.30. The Morgan fingerprint density at radius 1 is 1.17 bits per heavy atom. The third kappa shape index (κ3) is 4.66. The number of nitrogens with zero attached hydrogens (tertiary/aromatic N) is 4. The van der Waals surface area contributed by atoms with E-state index in [0.717, 1.165) is 38.8 Å². The highest BCUT2D eigenvalue weighted by atomic mass is 32.2. The minimum Gasteiger partial charge on any atom is -0.274 e. The number of anilines is 2. The number of aryl methyl sites for hydroxylation is 4. The Kier molecular flexibility index (Phi) is 6.36. The average molecular weight is 423 g/mol. The highest BCUT2D eigenvalue weighted by Crippen LogP contribution is 2.33. The van der Waals surface area contributed by atoms with Gasteiger partial charge in [-0.05, 0) is 51.0 Å². The van der Waals surface area contributed by atoms with Gasteiger partial charge in [0.2, 0.25) is 5.91 Å². The second-order valence-corrected chi connectivity index (χ2v) is 8.73. The molecule has 1 amide bonds. The van der Waals surface area contributed by atoms with Gasteiger partial charge in [-0.2, -0.15) is 5.26 Å². The molecule has 0 atom stereocenters. The summed E-state index contributed by atoms with van der Waals surface area (Å²) in [5, 5.41) is 12.8. The Morgan fingerprint density at radius 2 is 1.93 bits per heavy atom. The summed E-state index contributed by atoms with van der Waals surface area (Å²) in [6.07, 6.45) is 0. The first-order chi connectivity index (χ1) is 13.8. The highest BCUT2D eigenvalue weighted by molar-refractivity contribution is 7.98. The van der Waals surface area contributed by atoms with Crippen molar-refractivity contribution >= 4 is 39.8 Å². The standard InChI is InChI=1S/C22H22N4OS2/c1-13-6-7-20(15(3)8-13)26(17(5)27)22-25-18(12-29-22)11-28-21-19(10-23)14(2)9-16(4)24-21/h6-9,12H,11H2,1-5H3. The molecule has 0 aliphatic heterocycles. The average Bonchev–Trinajstić information content (AvgIpc) is 3.10. The van der Waals surface area contributed by atoms with Crippen LogP contribution in [0.5, 0.6) is 0 Å². The molecule has 148 valence electrons. The Labute approximate surface area is 179 Å². The number of aromatic nitrogens is 2. The van der Waals surface area contributed by atoms with E-state index in [0.29, 0.717) is 16.4 Å². The van der Waals surface area contributed by atoms with E-state index in [4.69, 9.17) is 0 Å². The van der Waals surface area contributed by atoms with Crippen LogP contribution in [0.4, 0.5) is 10.8 Å². The zero-order chi connectivity index (χ0) is 21.1. The van der Waals surface area contributed by atoms with Crippen LogP contribution < -0.4 is 4.90 Å². The predicted molar refractivity (Wildman–Crippen MR) is 119 cm³/mol. The van der Waals surface area contributed by atoms with Gasteiger partial charge in [0.1, 0.15) is 11.1 Å². The van der Waals surface area contributed by atoms with Crippen LogP contribution in [0.25, 0.3) is 0 Å². The maximum absolute atomic E-state index is 12.4. The molecule has 0 radical (unpaired) electrons. The van der Waals surface area contributed by atoms with Crippen LogP contribution in [0, 0.1) is 39.0 Å². The Hall–Kier alpha value is -2.69. The van der Waals surface area contributed by atoms with E-state index in [9.17, 15) is 10.1 Å². The fraction of sp³-hybridized carbons (Fsp3) is 0.273. The van der Waals surface area contributed by atoms with Crippen molar-refractivity contribution in [2.75, 3.05) is 4.90 Å². The van der Waals surface area contributed by atoms with Gasteiger partial charge in [-0.1, -0.05) is 29.5 Å². The van der Waals surface area contributed by atoms with Gasteiger partial charge < -0.3 is 0 Å². The van der Waals surface area contributed by atoms with Crippen molar-refractivity contribution in [3.8, 4) is 6.07 Å².